The van der Waals surface area contributed by atoms with E-state index in [4.69, 9.17) is 5.73 Å². The maximum Gasteiger partial charge on any atom is 0.250 e. The Kier molecular flexibility index (Phi) is 5.27. The zero-order valence-corrected chi connectivity index (χ0v) is 14.9. The number of primary amides is 1. The van der Waals surface area contributed by atoms with Gasteiger partial charge in [-0.2, -0.15) is 0 Å². The van der Waals surface area contributed by atoms with Crippen molar-refractivity contribution >= 4 is 22.6 Å². The number of para-hydroxylation sites is 1. The van der Waals surface area contributed by atoms with Crippen molar-refractivity contribution in [3.8, 4) is 0 Å². The van der Waals surface area contributed by atoms with E-state index in [0.29, 0.717) is 29.1 Å². The van der Waals surface area contributed by atoms with Crippen LogP contribution in [0.25, 0.3) is 10.9 Å². The quantitative estimate of drug-likeness (QED) is 0.620. The molecule has 8 heteroatoms. The van der Waals surface area contributed by atoms with Gasteiger partial charge in [0.2, 0.25) is 0 Å². The van der Waals surface area contributed by atoms with Crippen LogP contribution in [0.2, 0.25) is 0 Å². The molecule has 0 radical (unpaired) electrons. The Labute approximate surface area is 154 Å². The Balaban J connectivity index is 2.12. The molecule has 1 atom stereocenters. The van der Waals surface area contributed by atoms with Gasteiger partial charge < -0.3 is 16.4 Å². The fraction of sp³-hybridized carbons (Fsp3) is 0.211. The predicted molar refractivity (Wildman–Crippen MR) is 99.4 cm³/mol. The van der Waals surface area contributed by atoms with Crippen LogP contribution < -0.4 is 16.4 Å². The minimum Gasteiger partial charge on any atom is -0.366 e. The molecule has 6 nitrogen and oxygen atoms in total. The molecule has 0 aliphatic carbocycles. The number of hydrogen-bond donors (Lipinski definition) is 3. The Bertz CT molecular complexity index is 1010. The molecule has 2 aromatic carbocycles. The summed E-state index contributed by atoms with van der Waals surface area (Å²) in [7, 11) is 1.71. The second-order valence-electron chi connectivity index (χ2n) is 6.11. The zero-order valence-electron chi connectivity index (χ0n) is 14.9. The number of nitrogens with two attached hydrogens (primary N) is 1. The lowest BCUT2D eigenvalue weighted by molar-refractivity contribution is 0.100. The van der Waals surface area contributed by atoms with Crippen molar-refractivity contribution in [3.63, 3.8) is 0 Å². The summed E-state index contributed by atoms with van der Waals surface area (Å²) in [5.41, 5.74) is 6.27. The molecule has 1 unspecified atom stereocenters. The number of fused-ring (bicyclic) bond motifs is 1. The summed E-state index contributed by atoms with van der Waals surface area (Å²) < 4.78 is 27.9. The van der Waals surface area contributed by atoms with Gasteiger partial charge in [0.15, 0.2) is 0 Å². The highest BCUT2D eigenvalue weighted by atomic mass is 19.1. The van der Waals surface area contributed by atoms with Crippen LogP contribution in [0.15, 0.2) is 36.4 Å². The number of carbonyl (C=O) groups is 1. The fourth-order valence-electron chi connectivity index (χ4n) is 2.96. The molecule has 3 rings (SSSR count). The minimum absolute atomic E-state index is 0.167. The van der Waals surface area contributed by atoms with E-state index in [0.717, 1.165) is 18.2 Å². The number of aryl methyl sites for hydroxylation is 1. The molecule has 0 bridgehead atoms. The molecule has 0 fully saturated rings. The lowest BCUT2D eigenvalue weighted by atomic mass is 10.0. The lowest BCUT2D eigenvalue weighted by Crippen LogP contribution is -2.25. The third kappa shape index (κ3) is 3.85. The maximum absolute atomic E-state index is 14.3. The van der Waals surface area contributed by atoms with Crippen LogP contribution in [0.1, 0.15) is 27.8 Å². The normalized spacial score (nSPS) is 12.1. The largest absolute Gasteiger partial charge is 0.366 e. The molecule has 1 aromatic heterocycles. The van der Waals surface area contributed by atoms with Gasteiger partial charge in [-0.25, -0.2) is 18.7 Å². The van der Waals surface area contributed by atoms with Gasteiger partial charge in [0.05, 0.1) is 17.1 Å². The minimum atomic E-state index is -0.604. The molecule has 140 valence electrons. The number of rotatable bonds is 6. The van der Waals surface area contributed by atoms with Crippen molar-refractivity contribution in [3.05, 3.63) is 65.0 Å². The summed E-state index contributed by atoms with van der Waals surface area (Å²) in [4.78, 5) is 20.4. The summed E-state index contributed by atoms with van der Waals surface area (Å²) in [6, 6.07) is 7.69. The van der Waals surface area contributed by atoms with Crippen LogP contribution >= 0.6 is 0 Å². The van der Waals surface area contributed by atoms with E-state index in [-0.39, 0.29) is 11.1 Å². The highest BCUT2D eigenvalue weighted by Gasteiger charge is 2.19. The van der Waals surface area contributed by atoms with Gasteiger partial charge in [-0.3, -0.25) is 4.79 Å². The summed E-state index contributed by atoms with van der Waals surface area (Å²) >= 11 is 0. The predicted octanol–water partition coefficient (Wildman–Crippen LogP) is 2.69. The summed E-state index contributed by atoms with van der Waals surface area (Å²) in [6.45, 7) is 2.00. The standard InChI is InChI=1S/C19H19F2N5O/c1-10-24-17-12(18(22)27)4-3-5-13(17)19(25-10)26-16(9-23-2)14-8-11(20)6-7-15(14)21/h3-8,16,23H,9H2,1-2H3,(H2,22,27)(H,24,25,26). The molecule has 0 aliphatic heterocycles. The molecular weight excluding hydrogens is 352 g/mol. The number of nitrogens with one attached hydrogen (secondary N) is 2. The van der Waals surface area contributed by atoms with Gasteiger partial charge in [-0.15, -0.1) is 0 Å². The van der Waals surface area contributed by atoms with Crippen LogP contribution in [0.3, 0.4) is 0 Å². The van der Waals surface area contributed by atoms with E-state index in [1.807, 2.05) is 0 Å². The first kappa shape index (κ1) is 18.7. The number of likely N-dealkylation sites (N-methyl/N-ethyl adjacent to an activating group) is 1. The van der Waals surface area contributed by atoms with Crippen LogP contribution in [0.4, 0.5) is 14.6 Å². The Morgan fingerprint density at radius 2 is 2.00 bits per heavy atom. The molecule has 3 aromatic rings. The Morgan fingerprint density at radius 3 is 2.70 bits per heavy atom. The highest BCUT2D eigenvalue weighted by Crippen LogP contribution is 2.28. The number of aromatic nitrogens is 2. The first-order valence-electron chi connectivity index (χ1n) is 8.34. The molecule has 1 amide bonds. The third-order valence-corrected chi connectivity index (χ3v) is 4.16. The molecule has 0 saturated carbocycles. The van der Waals surface area contributed by atoms with E-state index in [9.17, 15) is 13.6 Å². The fourth-order valence-corrected chi connectivity index (χ4v) is 2.96. The molecule has 0 spiro atoms. The van der Waals surface area contributed by atoms with Gasteiger partial charge in [-0.05, 0) is 44.3 Å². The van der Waals surface area contributed by atoms with Crippen molar-refractivity contribution in [1.82, 2.24) is 15.3 Å². The maximum atomic E-state index is 14.3. The van der Waals surface area contributed by atoms with E-state index in [1.54, 1.807) is 32.2 Å². The van der Waals surface area contributed by atoms with Gasteiger partial charge >= 0.3 is 0 Å². The van der Waals surface area contributed by atoms with Crippen LogP contribution in [0, 0.1) is 18.6 Å². The number of anilines is 1. The lowest BCUT2D eigenvalue weighted by Gasteiger charge is -2.21. The van der Waals surface area contributed by atoms with Crippen molar-refractivity contribution < 1.29 is 13.6 Å². The van der Waals surface area contributed by atoms with E-state index >= 15 is 0 Å². The molecule has 4 N–H and O–H groups in total. The molecule has 0 saturated heterocycles. The van der Waals surface area contributed by atoms with Gasteiger partial charge in [-0.1, -0.05) is 6.07 Å². The van der Waals surface area contributed by atoms with Crippen LogP contribution in [-0.2, 0) is 0 Å². The van der Waals surface area contributed by atoms with E-state index in [2.05, 4.69) is 20.6 Å². The summed E-state index contributed by atoms with van der Waals surface area (Å²) in [5.74, 6) is -0.843. The number of carbonyl (C=O) groups excluding carboxylic acids is 1. The highest BCUT2D eigenvalue weighted by molar-refractivity contribution is 6.07. The average Bonchev–Trinajstić information content (AvgIpc) is 2.62. The molecule has 27 heavy (non-hydrogen) atoms. The smallest absolute Gasteiger partial charge is 0.250 e. The number of nitrogens with zero attached hydrogens (tertiary/aromatic N) is 2. The summed E-state index contributed by atoms with van der Waals surface area (Å²) in [5, 5.41) is 6.66. The average molecular weight is 371 g/mol. The van der Waals surface area contributed by atoms with Crippen molar-refractivity contribution in [2.75, 3.05) is 18.9 Å². The van der Waals surface area contributed by atoms with Crippen LogP contribution in [0.5, 0.6) is 0 Å². The second kappa shape index (κ2) is 7.63. The second-order valence-corrected chi connectivity index (χ2v) is 6.11. The van der Waals surface area contributed by atoms with Crippen molar-refractivity contribution in [2.24, 2.45) is 5.73 Å². The monoisotopic (exact) mass is 371 g/mol. The van der Waals surface area contributed by atoms with Crippen LogP contribution in [-0.4, -0.2) is 29.5 Å². The molecular formula is C19H19F2N5O. The third-order valence-electron chi connectivity index (χ3n) is 4.16. The first-order chi connectivity index (χ1) is 12.9. The summed E-state index contributed by atoms with van der Waals surface area (Å²) in [6.07, 6.45) is 0. The molecule has 0 aliphatic rings. The first-order valence-corrected chi connectivity index (χ1v) is 8.34. The van der Waals surface area contributed by atoms with Crippen molar-refractivity contribution in [1.29, 1.82) is 0 Å². The number of amides is 1. The zero-order chi connectivity index (χ0) is 19.6. The van der Waals surface area contributed by atoms with Gasteiger partial charge in [0.1, 0.15) is 23.3 Å². The number of halogens is 2. The number of benzene rings is 2. The number of hydrogen-bond acceptors (Lipinski definition) is 5. The van der Waals surface area contributed by atoms with Crippen molar-refractivity contribution in [2.45, 2.75) is 13.0 Å². The Morgan fingerprint density at radius 1 is 1.22 bits per heavy atom. The van der Waals surface area contributed by atoms with Gasteiger partial charge in [0.25, 0.3) is 5.91 Å². The van der Waals surface area contributed by atoms with E-state index < -0.39 is 23.6 Å². The SMILES string of the molecule is CNCC(Nc1nc(C)nc2c(C(N)=O)cccc12)c1cc(F)ccc1F. The van der Waals surface area contributed by atoms with Gasteiger partial charge in [0, 0.05) is 17.5 Å². The van der Waals surface area contributed by atoms with E-state index in [1.165, 1.54) is 0 Å². The molecule has 1 heterocycles. The topological polar surface area (TPSA) is 92.9 Å². The Hall–Kier alpha value is -3.13.